The fourth-order valence-corrected chi connectivity index (χ4v) is 2.08. The predicted octanol–water partition coefficient (Wildman–Crippen LogP) is 1.44. The minimum atomic E-state index is 0.112. The lowest BCUT2D eigenvalue weighted by molar-refractivity contribution is 0.0393. The number of anilines is 1. The van der Waals surface area contributed by atoms with E-state index in [1.807, 2.05) is 13.8 Å². The largest absolute Gasteiger partial charge is 0.475 e. The van der Waals surface area contributed by atoms with Crippen LogP contribution in [0.2, 0.25) is 0 Å². The van der Waals surface area contributed by atoms with Crippen LogP contribution in [0, 0.1) is 0 Å². The summed E-state index contributed by atoms with van der Waals surface area (Å²) in [5, 5.41) is 6.48. The minimum absolute atomic E-state index is 0.112. The molecule has 6 nitrogen and oxygen atoms in total. The Morgan fingerprint density at radius 1 is 1.40 bits per heavy atom. The van der Waals surface area contributed by atoms with E-state index in [0.717, 1.165) is 25.9 Å². The number of rotatable bonds is 7. The maximum absolute atomic E-state index is 5.81. The topological polar surface area (TPSA) is 68.3 Å². The Balaban J connectivity index is 1.68. The molecule has 1 aliphatic heterocycles. The second-order valence-electron chi connectivity index (χ2n) is 5.13. The second kappa shape index (κ2) is 8.01. The van der Waals surface area contributed by atoms with Crippen molar-refractivity contribution in [3.63, 3.8) is 0 Å². The molecule has 0 amide bonds. The zero-order valence-electron chi connectivity index (χ0n) is 12.3. The number of nitrogens with zero attached hydrogens (tertiary/aromatic N) is 2. The van der Waals surface area contributed by atoms with Gasteiger partial charge in [-0.25, -0.2) is 4.98 Å². The second-order valence-corrected chi connectivity index (χ2v) is 5.13. The number of hydrogen-bond acceptors (Lipinski definition) is 6. The van der Waals surface area contributed by atoms with Crippen molar-refractivity contribution in [2.45, 2.75) is 38.9 Å². The van der Waals surface area contributed by atoms with Gasteiger partial charge in [-0.15, -0.1) is 0 Å². The first-order valence-electron chi connectivity index (χ1n) is 7.30. The van der Waals surface area contributed by atoms with Crippen LogP contribution in [-0.4, -0.2) is 48.4 Å². The van der Waals surface area contributed by atoms with Crippen molar-refractivity contribution in [3.05, 3.63) is 12.3 Å². The molecule has 1 fully saturated rings. The van der Waals surface area contributed by atoms with Crippen molar-refractivity contribution >= 4 is 5.95 Å². The van der Waals surface area contributed by atoms with Gasteiger partial charge in [-0.2, -0.15) is 4.98 Å². The molecule has 0 unspecified atom stereocenters. The molecule has 2 heterocycles. The van der Waals surface area contributed by atoms with Crippen molar-refractivity contribution in [3.8, 4) is 5.88 Å². The highest BCUT2D eigenvalue weighted by Gasteiger charge is 2.12. The van der Waals surface area contributed by atoms with Gasteiger partial charge < -0.3 is 20.1 Å². The molecule has 20 heavy (non-hydrogen) atoms. The van der Waals surface area contributed by atoms with Gasteiger partial charge in [-0.05, 0) is 39.8 Å². The first kappa shape index (κ1) is 15.0. The van der Waals surface area contributed by atoms with Crippen molar-refractivity contribution < 1.29 is 9.47 Å². The van der Waals surface area contributed by atoms with E-state index in [0.29, 0.717) is 31.1 Å². The van der Waals surface area contributed by atoms with Crippen LogP contribution in [0.3, 0.4) is 0 Å². The SMILES string of the molecule is CC(C)Oc1ccnc(NCCOC2CCNCC2)n1. The maximum atomic E-state index is 5.81. The molecule has 0 spiro atoms. The molecule has 0 bridgehead atoms. The van der Waals surface area contributed by atoms with Crippen LogP contribution < -0.4 is 15.4 Å². The predicted molar refractivity (Wildman–Crippen MR) is 78.1 cm³/mol. The molecule has 0 saturated carbocycles. The number of nitrogens with one attached hydrogen (secondary N) is 2. The van der Waals surface area contributed by atoms with Gasteiger partial charge in [0.1, 0.15) is 0 Å². The quantitative estimate of drug-likeness (QED) is 0.737. The van der Waals surface area contributed by atoms with E-state index in [4.69, 9.17) is 9.47 Å². The monoisotopic (exact) mass is 280 g/mol. The van der Waals surface area contributed by atoms with E-state index < -0.39 is 0 Å². The molecule has 112 valence electrons. The maximum Gasteiger partial charge on any atom is 0.226 e. The van der Waals surface area contributed by atoms with Crippen LogP contribution in [-0.2, 0) is 4.74 Å². The average Bonchev–Trinajstić information content (AvgIpc) is 2.44. The third kappa shape index (κ3) is 5.30. The lowest BCUT2D eigenvalue weighted by atomic mass is 10.1. The Hall–Kier alpha value is -1.40. The number of piperidine rings is 1. The standard InChI is InChI=1S/C14H24N4O2/c1-11(2)20-13-5-8-16-14(18-13)17-9-10-19-12-3-6-15-7-4-12/h5,8,11-12,15H,3-4,6-7,9-10H2,1-2H3,(H,16,17,18). The number of ether oxygens (including phenoxy) is 2. The summed E-state index contributed by atoms with van der Waals surface area (Å²) >= 11 is 0. The molecule has 1 aliphatic rings. The number of hydrogen-bond donors (Lipinski definition) is 2. The highest BCUT2D eigenvalue weighted by molar-refractivity contribution is 5.27. The smallest absolute Gasteiger partial charge is 0.226 e. The summed E-state index contributed by atoms with van der Waals surface area (Å²) in [6.45, 7) is 7.42. The summed E-state index contributed by atoms with van der Waals surface area (Å²) < 4.78 is 11.3. The van der Waals surface area contributed by atoms with Crippen LogP contribution >= 0.6 is 0 Å². The molecule has 1 aromatic heterocycles. The van der Waals surface area contributed by atoms with Crippen molar-refractivity contribution in [1.29, 1.82) is 0 Å². The van der Waals surface area contributed by atoms with Gasteiger partial charge in [0.15, 0.2) is 0 Å². The Bertz CT molecular complexity index is 395. The fraction of sp³-hybridized carbons (Fsp3) is 0.714. The molecule has 1 aromatic rings. The van der Waals surface area contributed by atoms with Crippen LogP contribution in [0.25, 0.3) is 0 Å². The third-order valence-corrected chi connectivity index (χ3v) is 3.01. The van der Waals surface area contributed by atoms with E-state index in [2.05, 4.69) is 20.6 Å². The number of aromatic nitrogens is 2. The molecule has 0 aliphatic carbocycles. The summed E-state index contributed by atoms with van der Waals surface area (Å²) in [6.07, 6.45) is 4.37. The van der Waals surface area contributed by atoms with Gasteiger partial charge in [0.25, 0.3) is 0 Å². The third-order valence-electron chi connectivity index (χ3n) is 3.01. The van der Waals surface area contributed by atoms with Crippen molar-refractivity contribution in [2.75, 3.05) is 31.6 Å². The molecule has 6 heteroatoms. The molecular formula is C14H24N4O2. The van der Waals surface area contributed by atoms with Crippen LogP contribution in [0.1, 0.15) is 26.7 Å². The Morgan fingerprint density at radius 2 is 2.20 bits per heavy atom. The average molecular weight is 280 g/mol. The van der Waals surface area contributed by atoms with Crippen LogP contribution in [0.4, 0.5) is 5.95 Å². The molecule has 0 atom stereocenters. The van der Waals surface area contributed by atoms with Gasteiger partial charge in [0, 0.05) is 18.8 Å². The molecule has 1 saturated heterocycles. The first-order chi connectivity index (χ1) is 9.74. The van der Waals surface area contributed by atoms with E-state index in [9.17, 15) is 0 Å². The van der Waals surface area contributed by atoms with Gasteiger partial charge in [0.2, 0.25) is 11.8 Å². The zero-order valence-corrected chi connectivity index (χ0v) is 12.3. The molecular weight excluding hydrogens is 256 g/mol. The Morgan fingerprint density at radius 3 is 2.95 bits per heavy atom. The van der Waals surface area contributed by atoms with Crippen LogP contribution in [0.15, 0.2) is 12.3 Å². The molecule has 0 radical (unpaired) electrons. The van der Waals surface area contributed by atoms with Gasteiger partial charge in [-0.1, -0.05) is 0 Å². The van der Waals surface area contributed by atoms with Gasteiger partial charge >= 0.3 is 0 Å². The summed E-state index contributed by atoms with van der Waals surface area (Å²) in [6, 6.07) is 1.76. The lowest BCUT2D eigenvalue weighted by Gasteiger charge is -2.22. The summed E-state index contributed by atoms with van der Waals surface area (Å²) in [4.78, 5) is 8.45. The molecule has 2 rings (SSSR count). The van der Waals surface area contributed by atoms with E-state index in [-0.39, 0.29) is 6.10 Å². The normalized spacial score (nSPS) is 16.4. The minimum Gasteiger partial charge on any atom is -0.475 e. The Kier molecular flexibility index (Phi) is 6.01. The fourth-order valence-electron chi connectivity index (χ4n) is 2.08. The van der Waals surface area contributed by atoms with Crippen molar-refractivity contribution in [2.24, 2.45) is 0 Å². The Labute approximate surface area is 120 Å². The summed E-state index contributed by atoms with van der Waals surface area (Å²) in [7, 11) is 0. The highest BCUT2D eigenvalue weighted by atomic mass is 16.5. The molecule has 0 aromatic carbocycles. The van der Waals surface area contributed by atoms with Gasteiger partial charge in [-0.3, -0.25) is 0 Å². The highest BCUT2D eigenvalue weighted by Crippen LogP contribution is 2.10. The summed E-state index contributed by atoms with van der Waals surface area (Å²) in [5.41, 5.74) is 0. The summed E-state index contributed by atoms with van der Waals surface area (Å²) in [5.74, 6) is 1.17. The van der Waals surface area contributed by atoms with Crippen LogP contribution in [0.5, 0.6) is 5.88 Å². The van der Waals surface area contributed by atoms with Gasteiger partial charge in [0.05, 0.1) is 18.8 Å². The van der Waals surface area contributed by atoms with Crippen molar-refractivity contribution in [1.82, 2.24) is 15.3 Å². The molecule has 2 N–H and O–H groups in total. The first-order valence-corrected chi connectivity index (χ1v) is 7.30. The van der Waals surface area contributed by atoms with E-state index >= 15 is 0 Å². The van der Waals surface area contributed by atoms with E-state index in [1.54, 1.807) is 12.3 Å². The van der Waals surface area contributed by atoms with E-state index in [1.165, 1.54) is 0 Å². The lowest BCUT2D eigenvalue weighted by Crippen LogP contribution is -2.33. The zero-order chi connectivity index (χ0) is 14.2.